The number of hydrogen-bond acceptors (Lipinski definition) is 4. The quantitative estimate of drug-likeness (QED) is 0.543. The normalized spacial score (nSPS) is 17.7. The first-order chi connectivity index (χ1) is 11.6. The Hall–Kier alpha value is -1.04. The van der Waals surface area contributed by atoms with Crippen LogP contribution in [-0.2, 0) is 14.4 Å². The summed E-state index contributed by atoms with van der Waals surface area (Å²) in [5, 5.41) is 2.72. The highest BCUT2D eigenvalue weighted by Crippen LogP contribution is 2.36. The average Bonchev–Trinajstić information content (AvgIpc) is 2.58. The first-order valence-corrected chi connectivity index (χ1v) is 10.4. The van der Waals surface area contributed by atoms with Crippen molar-refractivity contribution in [3.63, 3.8) is 0 Å². The molecule has 0 saturated carbocycles. The molecule has 1 saturated heterocycles. The van der Waals surface area contributed by atoms with Crippen LogP contribution in [0.15, 0.2) is 0 Å². The summed E-state index contributed by atoms with van der Waals surface area (Å²) >= 11 is 1.58. The number of likely N-dealkylation sites (tertiary alicyclic amines) is 1. The van der Waals surface area contributed by atoms with Crippen molar-refractivity contribution in [3.8, 4) is 0 Å². The molecular formula is C23H48N2O3S. The Morgan fingerprint density at radius 1 is 0.897 bits per heavy atom. The second-order valence-electron chi connectivity index (χ2n) is 11.1. The Labute approximate surface area is 185 Å². The third-order valence-corrected chi connectivity index (χ3v) is 4.80. The van der Waals surface area contributed by atoms with Crippen LogP contribution >= 0.6 is 11.8 Å². The SMILES string of the molecule is C.C.CC(C)(C)NC(=O)C(C)(C)C.CC(C)(C)SC1CC(=O)N(C(C)(C)C)C1=O. The summed E-state index contributed by atoms with van der Waals surface area (Å²) in [6, 6.07) is 0. The van der Waals surface area contributed by atoms with Crippen LogP contribution in [0.1, 0.15) is 104 Å². The zero-order valence-corrected chi connectivity index (χ0v) is 20.2. The predicted octanol–water partition coefficient (Wildman–Crippen LogP) is 5.66. The topological polar surface area (TPSA) is 66.5 Å². The van der Waals surface area contributed by atoms with Crippen LogP contribution in [0.25, 0.3) is 0 Å². The van der Waals surface area contributed by atoms with Gasteiger partial charge in [-0.25, -0.2) is 0 Å². The van der Waals surface area contributed by atoms with Crippen molar-refractivity contribution in [2.45, 2.75) is 125 Å². The highest BCUT2D eigenvalue weighted by atomic mass is 32.2. The van der Waals surface area contributed by atoms with E-state index in [1.807, 2.05) is 62.3 Å². The van der Waals surface area contributed by atoms with Gasteiger partial charge in [0.15, 0.2) is 0 Å². The van der Waals surface area contributed by atoms with Crippen LogP contribution in [0.2, 0.25) is 0 Å². The Morgan fingerprint density at radius 2 is 1.31 bits per heavy atom. The van der Waals surface area contributed by atoms with E-state index in [2.05, 4.69) is 26.1 Å². The fraction of sp³-hybridized carbons (Fsp3) is 0.870. The van der Waals surface area contributed by atoms with E-state index in [1.165, 1.54) is 4.90 Å². The monoisotopic (exact) mass is 432 g/mol. The Kier molecular flexibility index (Phi) is 12.2. The summed E-state index contributed by atoms with van der Waals surface area (Å²) in [6.45, 7) is 23.6. The van der Waals surface area contributed by atoms with Gasteiger partial charge in [0.1, 0.15) is 0 Å². The average molecular weight is 433 g/mol. The van der Waals surface area contributed by atoms with E-state index in [0.717, 1.165) is 0 Å². The van der Waals surface area contributed by atoms with Gasteiger partial charge in [0.05, 0.1) is 5.25 Å². The van der Waals surface area contributed by atoms with Gasteiger partial charge < -0.3 is 5.32 Å². The van der Waals surface area contributed by atoms with Gasteiger partial charge in [-0.3, -0.25) is 19.3 Å². The van der Waals surface area contributed by atoms with Crippen molar-refractivity contribution in [1.82, 2.24) is 10.2 Å². The van der Waals surface area contributed by atoms with E-state index >= 15 is 0 Å². The summed E-state index contributed by atoms with van der Waals surface area (Å²) in [6.07, 6.45) is 0.345. The minimum Gasteiger partial charge on any atom is -0.351 e. The molecule has 1 atom stereocenters. The highest BCUT2D eigenvalue weighted by molar-refractivity contribution is 8.01. The molecule has 1 aliphatic heterocycles. The van der Waals surface area contributed by atoms with E-state index in [1.54, 1.807) is 11.8 Å². The van der Waals surface area contributed by atoms with Crippen LogP contribution in [0.5, 0.6) is 0 Å². The lowest BCUT2D eigenvalue weighted by Crippen LogP contribution is -2.46. The maximum Gasteiger partial charge on any atom is 0.243 e. The molecule has 174 valence electrons. The van der Waals surface area contributed by atoms with E-state index in [0.29, 0.717) is 6.42 Å². The highest BCUT2D eigenvalue weighted by Gasteiger charge is 2.45. The third kappa shape index (κ3) is 12.3. The number of hydrogen-bond donors (Lipinski definition) is 1. The summed E-state index contributed by atoms with van der Waals surface area (Å²) in [4.78, 5) is 36.7. The van der Waals surface area contributed by atoms with Gasteiger partial charge in [0.2, 0.25) is 17.7 Å². The lowest BCUT2D eigenvalue weighted by atomic mass is 9.94. The Balaban J connectivity index is -0.000000464. The minimum atomic E-state index is -0.401. The van der Waals surface area contributed by atoms with E-state index in [4.69, 9.17) is 0 Å². The van der Waals surface area contributed by atoms with E-state index < -0.39 is 5.54 Å². The molecule has 1 heterocycles. The lowest BCUT2D eigenvalue weighted by molar-refractivity contribution is -0.143. The van der Waals surface area contributed by atoms with E-state index in [9.17, 15) is 14.4 Å². The smallest absolute Gasteiger partial charge is 0.243 e. The molecule has 0 bridgehead atoms. The number of nitrogens with one attached hydrogen (secondary N) is 1. The van der Waals surface area contributed by atoms with Gasteiger partial charge >= 0.3 is 0 Å². The van der Waals surface area contributed by atoms with Gasteiger partial charge in [-0.05, 0) is 41.5 Å². The van der Waals surface area contributed by atoms with Crippen molar-refractivity contribution >= 4 is 29.5 Å². The molecule has 1 rings (SSSR count). The number of rotatable bonds is 1. The first kappa shape index (κ1) is 32.6. The molecule has 0 spiro atoms. The molecule has 3 amide bonds. The first-order valence-electron chi connectivity index (χ1n) is 9.52. The molecule has 6 heteroatoms. The van der Waals surface area contributed by atoms with Crippen molar-refractivity contribution in [2.24, 2.45) is 5.41 Å². The molecule has 0 aromatic heterocycles. The molecule has 0 aliphatic carbocycles. The summed E-state index contributed by atoms with van der Waals surface area (Å²) in [5.41, 5.74) is -0.807. The molecule has 1 N–H and O–H groups in total. The number of thioether (sulfide) groups is 1. The van der Waals surface area contributed by atoms with Gasteiger partial charge in [-0.2, -0.15) is 0 Å². The fourth-order valence-electron chi connectivity index (χ4n) is 2.36. The molecule has 0 aromatic rings. The Morgan fingerprint density at radius 3 is 1.52 bits per heavy atom. The van der Waals surface area contributed by atoms with Crippen LogP contribution in [0.3, 0.4) is 0 Å². The van der Waals surface area contributed by atoms with Gasteiger partial charge in [0.25, 0.3) is 0 Å². The van der Waals surface area contributed by atoms with E-state index in [-0.39, 0.29) is 53.5 Å². The third-order valence-electron chi connectivity index (χ3n) is 3.44. The second kappa shape index (κ2) is 10.8. The molecule has 1 fully saturated rings. The van der Waals surface area contributed by atoms with Gasteiger partial charge in [-0.1, -0.05) is 56.4 Å². The second-order valence-corrected chi connectivity index (χ2v) is 13.1. The fourth-order valence-corrected chi connectivity index (χ4v) is 3.64. The molecule has 29 heavy (non-hydrogen) atoms. The van der Waals surface area contributed by atoms with Gasteiger partial charge in [0, 0.05) is 27.7 Å². The molecule has 1 unspecified atom stereocenters. The minimum absolute atomic E-state index is 0. The maximum absolute atomic E-state index is 12.1. The number of nitrogens with zero attached hydrogens (tertiary/aromatic N) is 1. The van der Waals surface area contributed by atoms with Crippen LogP contribution < -0.4 is 5.32 Å². The lowest BCUT2D eigenvalue weighted by Gasteiger charge is -2.30. The van der Waals surface area contributed by atoms with Crippen molar-refractivity contribution in [3.05, 3.63) is 0 Å². The number of amides is 3. The number of carbonyl (C=O) groups is 3. The maximum atomic E-state index is 12.1. The van der Waals surface area contributed by atoms with Crippen molar-refractivity contribution in [2.75, 3.05) is 0 Å². The predicted molar refractivity (Wildman–Crippen MR) is 128 cm³/mol. The molecule has 0 aromatic carbocycles. The van der Waals surface area contributed by atoms with Crippen LogP contribution in [-0.4, -0.2) is 43.7 Å². The number of imide groups is 1. The number of carbonyl (C=O) groups excluding carboxylic acids is 3. The summed E-state index contributed by atoms with van der Waals surface area (Å²) < 4.78 is 0.00843. The summed E-state index contributed by atoms with van der Waals surface area (Å²) in [5.74, 6) is 0.0293. The zero-order chi connectivity index (χ0) is 22.0. The summed E-state index contributed by atoms with van der Waals surface area (Å²) in [7, 11) is 0. The molecule has 1 aliphatic rings. The molecule has 0 radical (unpaired) electrons. The van der Waals surface area contributed by atoms with Gasteiger partial charge in [-0.15, -0.1) is 11.8 Å². The van der Waals surface area contributed by atoms with Crippen LogP contribution in [0, 0.1) is 5.41 Å². The Bertz CT molecular complexity index is 559. The largest absolute Gasteiger partial charge is 0.351 e. The van der Waals surface area contributed by atoms with Crippen molar-refractivity contribution in [1.29, 1.82) is 0 Å². The molecule has 5 nitrogen and oxygen atoms in total. The molecular weight excluding hydrogens is 384 g/mol. The van der Waals surface area contributed by atoms with Crippen molar-refractivity contribution < 1.29 is 14.4 Å². The standard InChI is InChI=1S/C12H21NO2S.C9H19NO.2CH4/c1-11(2,3)13-9(14)7-8(10(13)15)16-12(4,5)6;1-8(2,3)7(11)10-9(4,5)6;;/h8H,7H2,1-6H3;1-6H3,(H,10,11);2*1H4. The van der Waals surface area contributed by atoms with Crippen LogP contribution in [0.4, 0.5) is 0 Å². The zero-order valence-electron chi connectivity index (χ0n) is 19.4.